The average Bonchev–Trinajstić information content (AvgIpc) is 2.62. The molecular weight excluding hydrogens is 376 g/mol. The van der Waals surface area contributed by atoms with E-state index < -0.39 is 31.7 Å². The number of ether oxygens (including phenoxy) is 2. The van der Waals surface area contributed by atoms with Crippen LogP contribution in [0.15, 0.2) is 30.3 Å². The summed E-state index contributed by atoms with van der Waals surface area (Å²) in [6, 6.07) is 9.24. The normalized spacial score (nSPS) is 12.6. The summed E-state index contributed by atoms with van der Waals surface area (Å²) in [6.45, 7) is 12.0. The van der Waals surface area contributed by atoms with Crippen molar-refractivity contribution in [2.75, 3.05) is 13.2 Å². The van der Waals surface area contributed by atoms with Gasteiger partial charge < -0.3 is 20.1 Å². The molecule has 0 bridgehead atoms. The van der Waals surface area contributed by atoms with Crippen LogP contribution in [0.5, 0.6) is 0 Å². The Morgan fingerprint density at radius 1 is 1.07 bits per heavy atom. The van der Waals surface area contributed by atoms with Crippen molar-refractivity contribution in [3.05, 3.63) is 35.9 Å². The Morgan fingerprint density at radius 2 is 1.68 bits per heavy atom. The first-order valence-corrected chi connectivity index (χ1v) is 12.5. The Bertz CT molecular complexity index is 671. The number of hydrogen-bond donors (Lipinski definition) is 2. The zero-order valence-electron chi connectivity index (χ0n) is 17.6. The van der Waals surface area contributed by atoms with Crippen LogP contribution in [0.3, 0.4) is 0 Å². The van der Waals surface area contributed by atoms with Gasteiger partial charge in [0.15, 0.2) is 0 Å². The molecule has 0 spiro atoms. The summed E-state index contributed by atoms with van der Waals surface area (Å²) in [5.74, 6) is -0.895. The van der Waals surface area contributed by atoms with E-state index >= 15 is 0 Å². The molecule has 7 nitrogen and oxygen atoms in total. The summed E-state index contributed by atoms with van der Waals surface area (Å²) in [7, 11) is -2.26. The van der Waals surface area contributed by atoms with E-state index in [1.807, 2.05) is 43.4 Å². The molecule has 0 aliphatic heterocycles. The lowest BCUT2D eigenvalue weighted by Gasteiger charge is -2.41. The number of hydrogen-bond acceptors (Lipinski definition) is 5. The number of carbonyl (C=O) groups is 3. The van der Waals surface area contributed by atoms with Crippen LogP contribution < -0.4 is 10.6 Å². The van der Waals surface area contributed by atoms with Crippen molar-refractivity contribution < 1.29 is 23.9 Å². The predicted octanol–water partition coefficient (Wildman–Crippen LogP) is 3.01. The van der Waals surface area contributed by atoms with Crippen LogP contribution in [-0.2, 0) is 25.7 Å². The molecule has 1 unspecified atom stereocenters. The van der Waals surface area contributed by atoms with Gasteiger partial charge in [0.25, 0.3) is 0 Å². The standard InChI is InChI=1S/C20H32N2O5Si/c1-7-26-18(24)17(28(5,6)20(2,3)4)22-16(23)13-21-19(25)27-14-15-11-9-8-10-12-15/h8-12,17H,7,13-14H2,1-6H3,(H,21,25)(H,22,23). The van der Waals surface area contributed by atoms with Crippen LogP contribution >= 0.6 is 0 Å². The molecular formula is C20H32N2O5Si. The molecule has 0 aromatic heterocycles. The molecule has 0 aliphatic carbocycles. The molecule has 0 saturated carbocycles. The zero-order valence-corrected chi connectivity index (χ0v) is 18.6. The van der Waals surface area contributed by atoms with Gasteiger partial charge >= 0.3 is 12.1 Å². The molecule has 8 heteroatoms. The molecule has 1 atom stereocenters. The van der Waals surface area contributed by atoms with Crippen molar-refractivity contribution in [2.24, 2.45) is 0 Å². The minimum atomic E-state index is -2.26. The number of carbonyl (C=O) groups excluding carboxylic acids is 3. The molecule has 28 heavy (non-hydrogen) atoms. The van der Waals surface area contributed by atoms with Crippen molar-refractivity contribution in [3.8, 4) is 0 Å². The molecule has 0 fully saturated rings. The smallest absolute Gasteiger partial charge is 0.407 e. The topological polar surface area (TPSA) is 93.7 Å². The van der Waals surface area contributed by atoms with E-state index in [-0.39, 0.29) is 24.8 Å². The van der Waals surface area contributed by atoms with Gasteiger partial charge in [-0.1, -0.05) is 64.2 Å². The molecule has 0 saturated heterocycles. The molecule has 0 aliphatic rings. The van der Waals surface area contributed by atoms with E-state index in [0.29, 0.717) is 0 Å². The Hall–Kier alpha value is -2.35. The lowest BCUT2D eigenvalue weighted by molar-refractivity contribution is -0.145. The summed E-state index contributed by atoms with van der Waals surface area (Å²) in [4.78, 5) is 36.6. The van der Waals surface area contributed by atoms with E-state index in [0.717, 1.165) is 5.56 Å². The van der Waals surface area contributed by atoms with Crippen LogP contribution in [-0.4, -0.2) is 44.9 Å². The van der Waals surface area contributed by atoms with Gasteiger partial charge in [0.1, 0.15) is 18.8 Å². The number of alkyl carbamates (subject to hydrolysis) is 1. The number of esters is 1. The van der Waals surface area contributed by atoms with Crippen molar-refractivity contribution in [3.63, 3.8) is 0 Å². The van der Waals surface area contributed by atoms with E-state index in [1.54, 1.807) is 6.92 Å². The molecule has 156 valence electrons. The van der Waals surface area contributed by atoms with Crippen molar-refractivity contribution in [2.45, 2.75) is 58.1 Å². The van der Waals surface area contributed by atoms with Gasteiger partial charge in [-0.05, 0) is 17.5 Å². The first-order valence-electron chi connectivity index (χ1n) is 9.39. The fraction of sp³-hybridized carbons (Fsp3) is 0.550. The summed E-state index contributed by atoms with van der Waals surface area (Å²) >= 11 is 0. The number of nitrogens with one attached hydrogen (secondary N) is 2. The summed E-state index contributed by atoms with van der Waals surface area (Å²) < 4.78 is 10.2. The predicted molar refractivity (Wildman–Crippen MR) is 110 cm³/mol. The molecule has 1 aromatic carbocycles. The second-order valence-corrected chi connectivity index (χ2v) is 13.7. The van der Waals surface area contributed by atoms with E-state index in [9.17, 15) is 14.4 Å². The molecule has 1 aromatic rings. The Balaban J connectivity index is 2.62. The molecule has 2 amide bonds. The summed E-state index contributed by atoms with van der Waals surface area (Å²) in [6.07, 6.45) is -0.695. The van der Waals surface area contributed by atoms with Crippen LogP contribution in [0.4, 0.5) is 4.79 Å². The monoisotopic (exact) mass is 408 g/mol. The van der Waals surface area contributed by atoms with Crippen LogP contribution in [0.2, 0.25) is 18.1 Å². The van der Waals surface area contributed by atoms with Crippen LogP contribution in [0, 0.1) is 0 Å². The Labute approximate surface area is 168 Å². The second kappa shape index (κ2) is 10.3. The van der Waals surface area contributed by atoms with Gasteiger partial charge in [0.05, 0.1) is 14.7 Å². The third-order valence-corrected chi connectivity index (χ3v) is 10.8. The minimum absolute atomic E-state index is 0.115. The molecule has 0 heterocycles. The number of amides is 2. The van der Waals surface area contributed by atoms with Gasteiger partial charge in [-0.3, -0.25) is 9.59 Å². The Morgan fingerprint density at radius 3 is 2.21 bits per heavy atom. The first kappa shape index (κ1) is 23.7. The van der Waals surface area contributed by atoms with Gasteiger partial charge in [-0.2, -0.15) is 0 Å². The van der Waals surface area contributed by atoms with Gasteiger partial charge in [-0.15, -0.1) is 0 Å². The SMILES string of the molecule is CCOC(=O)C(NC(=O)CNC(=O)OCc1ccccc1)[Si](C)(C)C(C)(C)C. The largest absolute Gasteiger partial charge is 0.465 e. The number of rotatable bonds is 8. The third-order valence-electron chi connectivity index (χ3n) is 5.09. The average molecular weight is 409 g/mol. The van der Waals surface area contributed by atoms with Crippen molar-refractivity contribution in [1.29, 1.82) is 0 Å². The maximum Gasteiger partial charge on any atom is 0.407 e. The molecule has 2 N–H and O–H groups in total. The molecule has 0 radical (unpaired) electrons. The highest BCUT2D eigenvalue weighted by Gasteiger charge is 2.47. The highest BCUT2D eigenvalue weighted by molar-refractivity contribution is 6.84. The maximum atomic E-state index is 12.5. The van der Waals surface area contributed by atoms with Crippen LogP contribution in [0.25, 0.3) is 0 Å². The Kier molecular flexibility index (Phi) is 8.68. The minimum Gasteiger partial charge on any atom is -0.465 e. The zero-order chi connectivity index (χ0) is 21.4. The molecule has 1 rings (SSSR count). The highest BCUT2D eigenvalue weighted by Crippen LogP contribution is 2.38. The van der Waals surface area contributed by atoms with E-state index in [2.05, 4.69) is 31.4 Å². The maximum absolute atomic E-state index is 12.5. The fourth-order valence-electron chi connectivity index (χ4n) is 2.33. The van der Waals surface area contributed by atoms with E-state index in [4.69, 9.17) is 9.47 Å². The second-order valence-electron chi connectivity index (χ2n) is 8.14. The lowest BCUT2D eigenvalue weighted by Crippen LogP contribution is -2.62. The number of benzene rings is 1. The van der Waals surface area contributed by atoms with Gasteiger partial charge in [0.2, 0.25) is 5.91 Å². The summed E-state index contributed by atoms with van der Waals surface area (Å²) in [5, 5.41) is 5.03. The quantitative estimate of drug-likeness (QED) is 0.509. The fourth-order valence-corrected chi connectivity index (χ4v) is 4.39. The van der Waals surface area contributed by atoms with Crippen molar-refractivity contribution >= 4 is 26.0 Å². The first-order chi connectivity index (χ1) is 13.0. The third kappa shape index (κ3) is 6.99. The highest BCUT2D eigenvalue weighted by atomic mass is 28.3. The van der Waals surface area contributed by atoms with Gasteiger partial charge in [-0.25, -0.2) is 4.79 Å². The summed E-state index contributed by atoms with van der Waals surface area (Å²) in [5.41, 5.74) is 0.143. The lowest BCUT2D eigenvalue weighted by atomic mass is 10.2. The van der Waals surface area contributed by atoms with Crippen LogP contribution in [0.1, 0.15) is 33.3 Å². The van der Waals surface area contributed by atoms with E-state index in [1.165, 1.54) is 0 Å². The van der Waals surface area contributed by atoms with Gasteiger partial charge in [0, 0.05) is 0 Å². The van der Waals surface area contributed by atoms with Crippen molar-refractivity contribution in [1.82, 2.24) is 10.6 Å².